The van der Waals surface area contributed by atoms with Crippen molar-refractivity contribution in [3.63, 3.8) is 0 Å². The molecule has 7 nitrogen and oxygen atoms in total. The number of thioether (sulfide) groups is 1. The van der Waals surface area contributed by atoms with Crippen molar-refractivity contribution in [3.05, 3.63) is 69.0 Å². The van der Waals surface area contributed by atoms with Gasteiger partial charge in [-0.3, -0.25) is 24.6 Å². The summed E-state index contributed by atoms with van der Waals surface area (Å²) in [6, 6.07) is 9.36. The largest absolute Gasteiger partial charge is 0.465 e. The van der Waals surface area contributed by atoms with E-state index in [1.807, 2.05) is 0 Å². The lowest BCUT2D eigenvalue weighted by Gasteiger charge is -2.12. The second kappa shape index (κ2) is 6.09. The second-order valence-electron chi connectivity index (χ2n) is 4.67. The topological polar surface area (TPSA) is 93.7 Å². The molecule has 2 aromatic rings. The fourth-order valence-electron chi connectivity index (χ4n) is 2.13. The first kappa shape index (κ1) is 15.0. The van der Waals surface area contributed by atoms with Crippen LogP contribution in [0, 0.1) is 10.1 Å². The van der Waals surface area contributed by atoms with Crippen LogP contribution in [0.4, 0.5) is 10.5 Å². The highest BCUT2D eigenvalue weighted by atomic mass is 32.2. The number of nitro benzene ring substituents is 1. The Labute approximate surface area is 134 Å². The summed E-state index contributed by atoms with van der Waals surface area (Å²) in [5.41, 5.74) is 0.181. The van der Waals surface area contributed by atoms with Gasteiger partial charge in [0.1, 0.15) is 5.76 Å². The third kappa shape index (κ3) is 3.02. The number of hydrogen-bond acceptors (Lipinski definition) is 6. The summed E-state index contributed by atoms with van der Waals surface area (Å²) in [6.45, 7) is -0.142. The van der Waals surface area contributed by atoms with Crippen molar-refractivity contribution in [2.45, 2.75) is 6.54 Å². The van der Waals surface area contributed by atoms with Gasteiger partial charge in [0.25, 0.3) is 16.8 Å². The summed E-state index contributed by atoms with van der Waals surface area (Å²) < 4.78 is 5.12. The number of benzene rings is 1. The molecule has 3 rings (SSSR count). The van der Waals surface area contributed by atoms with Crippen LogP contribution in [0.2, 0.25) is 0 Å². The quantitative estimate of drug-likeness (QED) is 0.484. The Morgan fingerprint density at radius 1 is 1.22 bits per heavy atom. The number of amides is 2. The first-order valence-corrected chi connectivity index (χ1v) is 7.39. The zero-order valence-electron chi connectivity index (χ0n) is 11.7. The van der Waals surface area contributed by atoms with Crippen molar-refractivity contribution in [1.82, 2.24) is 4.90 Å². The van der Waals surface area contributed by atoms with E-state index in [9.17, 15) is 19.7 Å². The van der Waals surface area contributed by atoms with Crippen LogP contribution in [0.25, 0.3) is 6.08 Å². The van der Waals surface area contributed by atoms with Crippen LogP contribution < -0.4 is 0 Å². The molecule has 0 saturated carbocycles. The van der Waals surface area contributed by atoms with Gasteiger partial charge in [0.05, 0.1) is 22.6 Å². The summed E-state index contributed by atoms with van der Waals surface area (Å²) >= 11 is 0.782. The van der Waals surface area contributed by atoms with Crippen LogP contribution >= 0.6 is 11.8 Å². The Kier molecular flexibility index (Phi) is 3.98. The molecule has 1 aromatic heterocycles. The Balaban J connectivity index is 1.86. The fourth-order valence-corrected chi connectivity index (χ4v) is 2.95. The molecule has 116 valence electrons. The third-order valence-corrected chi connectivity index (χ3v) is 4.11. The number of furan rings is 1. The Hall–Kier alpha value is -2.87. The van der Waals surface area contributed by atoms with Crippen molar-refractivity contribution in [2.24, 2.45) is 0 Å². The molecular weight excluding hydrogens is 320 g/mol. The number of imide groups is 1. The molecule has 0 N–H and O–H groups in total. The van der Waals surface area contributed by atoms with Gasteiger partial charge in [0.15, 0.2) is 0 Å². The summed E-state index contributed by atoms with van der Waals surface area (Å²) in [5, 5.41) is 10.6. The molecule has 23 heavy (non-hydrogen) atoms. The van der Waals surface area contributed by atoms with Crippen molar-refractivity contribution in [3.8, 4) is 0 Å². The van der Waals surface area contributed by atoms with Gasteiger partial charge in [0.2, 0.25) is 0 Å². The Bertz CT molecular complexity index is 813. The minimum Gasteiger partial charge on any atom is -0.465 e. The second-order valence-corrected chi connectivity index (χ2v) is 5.66. The number of carbonyl (C=O) groups is 2. The number of nitrogens with zero attached hydrogens (tertiary/aromatic N) is 2. The first-order chi connectivity index (χ1) is 11.1. The SMILES string of the molecule is O=C1S/C(=C\c2ccco2)C(=O)N1Cc1ccccc1[N+](=O)[O-]. The minimum absolute atomic E-state index is 0.124. The van der Waals surface area contributed by atoms with Gasteiger partial charge < -0.3 is 4.42 Å². The lowest BCUT2D eigenvalue weighted by Crippen LogP contribution is -2.27. The van der Waals surface area contributed by atoms with E-state index in [1.54, 1.807) is 18.2 Å². The van der Waals surface area contributed by atoms with Gasteiger partial charge >= 0.3 is 0 Å². The minimum atomic E-state index is -0.535. The van der Waals surface area contributed by atoms with Crippen LogP contribution in [-0.4, -0.2) is 21.0 Å². The number of hydrogen-bond donors (Lipinski definition) is 0. The molecule has 1 fully saturated rings. The molecule has 0 radical (unpaired) electrons. The number of para-hydroxylation sites is 1. The Morgan fingerprint density at radius 3 is 2.70 bits per heavy atom. The predicted octanol–water partition coefficient (Wildman–Crippen LogP) is 3.42. The molecule has 0 bridgehead atoms. The average molecular weight is 330 g/mol. The molecule has 0 unspecified atom stereocenters. The van der Waals surface area contributed by atoms with Gasteiger partial charge in [0, 0.05) is 17.7 Å². The molecule has 0 spiro atoms. The zero-order valence-corrected chi connectivity index (χ0v) is 12.5. The standard InChI is InChI=1S/C15H10N2O5S/c18-14-13(8-11-5-3-7-22-11)23-15(19)16(14)9-10-4-1-2-6-12(10)17(20)21/h1-8H,9H2/b13-8-. The van der Waals surface area contributed by atoms with Gasteiger partial charge in [-0.15, -0.1) is 0 Å². The maximum absolute atomic E-state index is 12.3. The highest BCUT2D eigenvalue weighted by Crippen LogP contribution is 2.34. The molecule has 0 atom stereocenters. The van der Waals surface area contributed by atoms with Crippen molar-refractivity contribution in [2.75, 3.05) is 0 Å². The zero-order chi connectivity index (χ0) is 16.4. The molecule has 1 saturated heterocycles. The maximum Gasteiger partial charge on any atom is 0.293 e. The first-order valence-electron chi connectivity index (χ1n) is 6.57. The van der Waals surface area contributed by atoms with E-state index in [1.165, 1.54) is 30.5 Å². The van der Waals surface area contributed by atoms with Gasteiger partial charge in [-0.2, -0.15) is 0 Å². The van der Waals surface area contributed by atoms with E-state index < -0.39 is 16.1 Å². The normalized spacial score (nSPS) is 16.3. The Morgan fingerprint density at radius 2 is 2.00 bits per heavy atom. The summed E-state index contributed by atoms with van der Waals surface area (Å²) in [4.78, 5) is 36.1. The van der Waals surface area contributed by atoms with E-state index in [4.69, 9.17) is 4.42 Å². The van der Waals surface area contributed by atoms with Crippen LogP contribution in [0.5, 0.6) is 0 Å². The highest BCUT2D eigenvalue weighted by molar-refractivity contribution is 8.18. The van der Waals surface area contributed by atoms with Crippen molar-refractivity contribution >= 4 is 34.7 Å². The third-order valence-electron chi connectivity index (χ3n) is 3.21. The number of rotatable bonds is 4. The smallest absolute Gasteiger partial charge is 0.293 e. The predicted molar refractivity (Wildman–Crippen MR) is 83.3 cm³/mol. The molecular formula is C15H10N2O5S. The molecule has 8 heteroatoms. The fraction of sp³-hybridized carbons (Fsp3) is 0.0667. The molecule has 1 aliphatic rings. The van der Waals surface area contributed by atoms with E-state index in [-0.39, 0.29) is 17.1 Å². The number of nitro groups is 1. The lowest BCUT2D eigenvalue weighted by molar-refractivity contribution is -0.385. The molecule has 2 heterocycles. The van der Waals surface area contributed by atoms with E-state index in [2.05, 4.69) is 0 Å². The van der Waals surface area contributed by atoms with E-state index in [0.29, 0.717) is 11.3 Å². The van der Waals surface area contributed by atoms with Crippen LogP contribution in [0.1, 0.15) is 11.3 Å². The lowest BCUT2D eigenvalue weighted by atomic mass is 10.1. The van der Waals surface area contributed by atoms with Crippen molar-refractivity contribution < 1.29 is 18.9 Å². The van der Waals surface area contributed by atoms with E-state index in [0.717, 1.165) is 16.7 Å². The highest BCUT2D eigenvalue weighted by Gasteiger charge is 2.36. The average Bonchev–Trinajstić information content (AvgIpc) is 3.12. The molecule has 2 amide bonds. The summed E-state index contributed by atoms with van der Waals surface area (Å²) in [5.74, 6) is -0.0317. The van der Waals surface area contributed by atoms with Crippen LogP contribution in [0.15, 0.2) is 52.0 Å². The molecule has 1 aromatic carbocycles. The van der Waals surface area contributed by atoms with Gasteiger partial charge in [-0.05, 0) is 23.9 Å². The molecule has 0 aliphatic carbocycles. The van der Waals surface area contributed by atoms with Gasteiger partial charge in [-0.25, -0.2) is 0 Å². The van der Waals surface area contributed by atoms with Crippen molar-refractivity contribution in [1.29, 1.82) is 0 Å². The number of carbonyl (C=O) groups excluding carboxylic acids is 2. The molecule has 1 aliphatic heterocycles. The van der Waals surface area contributed by atoms with E-state index >= 15 is 0 Å². The van der Waals surface area contributed by atoms with Gasteiger partial charge in [-0.1, -0.05) is 18.2 Å². The van der Waals surface area contributed by atoms with Crippen LogP contribution in [-0.2, 0) is 11.3 Å². The summed E-state index contributed by atoms with van der Waals surface area (Å²) in [6.07, 6.45) is 2.94. The van der Waals surface area contributed by atoms with Crippen LogP contribution in [0.3, 0.4) is 0 Å². The summed E-state index contributed by atoms with van der Waals surface area (Å²) in [7, 11) is 0. The maximum atomic E-state index is 12.3. The monoisotopic (exact) mass is 330 g/mol.